The molecule has 0 amide bonds. The van der Waals surface area contributed by atoms with Crippen molar-refractivity contribution in [2.45, 2.75) is 13.5 Å². The highest BCUT2D eigenvalue weighted by Gasteiger charge is 2.15. The second-order valence-corrected chi connectivity index (χ2v) is 4.29. The maximum absolute atomic E-state index is 11.0. The summed E-state index contributed by atoms with van der Waals surface area (Å²) in [4.78, 5) is 13.1. The van der Waals surface area contributed by atoms with Crippen LogP contribution >= 0.6 is 0 Å². The van der Waals surface area contributed by atoms with E-state index < -0.39 is 0 Å². The third kappa shape index (κ3) is 3.05. The first kappa shape index (κ1) is 13.0. The molecule has 0 saturated carbocycles. The molecule has 1 saturated heterocycles. The molecule has 98 valence electrons. The number of ether oxygens (including phenoxy) is 1. The van der Waals surface area contributed by atoms with Gasteiger partial charge in [0.05, 0.1) is 18.9 Å². The van der Waals surface area contributed by atoms with Crippen LogP contribution in [0.15, 0.2) is 23.4 Å². The lowest BCUT2D eigenvalue weighted by molar-refractivity contribution is 0.123. The Hall–Kier alpha value is -1.46. The van der Waals surface area contributed by atoms with Gasteiger partial charge in [0.15, 0.2) is 0 Å². The molecule has 2 rings (SSSR count). The molecule has 0 spiro atoms. The number of benzene rings is 1. The van der Waals surface area contributed by atoms with Gasteiger partial charge >= 0.3 is 0 Å². The van der Waals surface area contributed by atoms with Crippen molar-refractivity contribution >= 4 is 11.4 Å². The Bertz CT molecular complexity index is 403. The second kappa shape index (κ2) is 6.47. The minimum atomic E-state index is 0.521. The van der Waals surface area contributed by atoms with E-state index >= 15 is 0 Å². The summed E-state index contributed by atoms with van der Waals surface area (Å²) in [6.07, 6.45) is 0. The third-order valence-corrected chi connectivity index (χ3v) is 3.07. The van der Waals surface area contributed by atoms with E-state index in [2.05, 4.69) is 22.3 Å². The Kier molecular flexibility index (Phi) is 4.66. The smallest absolute Gasteiger partial charge is 0.131 e. The lowest BCUT2D eigenvalue weighted by atomic mass is 10.1. The highest BCUT2D eigenvalue weighted by Crippen LogP contribution is 2.30. The number of rotatable bonds is 5. The predicted molar refractivity (Wildman–Crippen MR) is 72.3 cm³/mol. The van der Waals surface area contributed by atoms with Gasteiger partial charge in [-0.15, -0.1) is 4.91 Å². The van der Waals surface area contributed by atoms with E-state index in [1.165, 1.54) is 0 Å². The van der Waals surface area contributed by atoms with Gasteiger partial charge < -0.3 is 15.0 Å². The summed E-state index contributed by atoms with van der Waals surface area (Å²) in [5.74, 6) is 0. The summed E-state index contributed by atoms with van der Waals surface area (Å²) in [6.45, 7) is 6.78. The largest absolute Gasteiger partial charge is 0.378 e. The number of hydrogen-bond donors (Lipinski definition) is 1. The summed E-state index contributed by atoms with van der Waals surface area (Å²) in [6, 6.07) is 5.89. The van der Waals surface area contributed by atoms with Gasteiger partial charge in [0.25, 0.3) is 0 Å². The Labute approximate surface area is 107 Å². The molecule has 1 N–H and O–H groups in total. The van der Waals surface area contributed by atoms with E-state index in [0.29, 0.717) is 18.9 Å². The molecule has 0 bridgehead atoms. The van der Waals surface area contributed by atoms with Crippen LogP contribution in [-0.4, -0.2) is 32.8 Å². The van der Waals surface area contributed by atoms with Gasteiger partial charge in [-0.05, 0) is 29.4 Å². The zero-order valence-electron chi connectivity index (χ0n) is 10.7. The van der Waals surface area contributed by atoms with Gasteiger partial charge in [0.2, 0.25) is 0 Å². The van der Waals surface area contributed by atoms with Crippen LogP contribution in [0.4, 0.5) is 11.4 Å². The van der Waals surface area contributed by atoms with Gasteiger partial charge in [0, 0.05) is 19.6 Å². The number of morpholine rings is 1. The Morgan fingerprint density at radius 2 is 2.17 bits per heavy atom. The van der Waals surface area contributed by atoms with E-state index in [1.807, 2.05) is 18.2 Å². The SMILES string of the molecule is CCNCc1ccc(N2CCOCC2)c(N=O)c1. The van der Waals surface area contributed by atoms with Crippen molar-refractivity contribution in [1.29, 1.82) is 0 Å². The van der Waals surface area contributed by atoms with Crippen molar-refractivity contribution in [2.75, 3.05) is 37.7 Å². The molecule has 1 fully saturated rings. The maximum Gasteiger partial charge on any atom is 0.131 e. The summed E-state index contributed by atoms with van der Waals surface area (Å²) < 4.78 is 5.31. The van der Waals surface area contributed by atoms with Crippen molar-refractivity contribution in [1.82, 2.24) is 5.32 Å². The average molecular weight is 249 g/mol. The molecule has 1 aliphatic heterocycles. The standard InChI is InChI=1S/C13H19N3O2/c1-2-14-10-11-3-4-13(12(9-11)15-17)16-5-7-18-8-6-16/h3-4,9,14H,2,5-8,10H2,1H3. The number of nitroso groups, excluding NO2 is 1. The van der Waals surface area contributed by atoms with Crippen molar-refractivity contribution < 1.29 is 4.74 Å². The van der Waals surface area contributed by atoms with Crippen LogP contribution in [0.1, 0.15) is 12.5 Å². The number of nitrogens with one attached hydrogen (secondary N) is 1. The lowest BCUT2D eigenvalue weighted by Crippen LogP contribution is -2.36. The van der Waals surface area contributed by atoms with E-state index in [4.69, 9.17) is 4.74 Å². The zero-order valence-corrected chi connectivity index (χ0v) is 10.7. The van der Waals surface area contributed by atoms with Gasteiger partial charge in [-0.2, -0.15) is 0 Å². The van der Waals surface area contributed by atoms with Crippen LogP contribution in [0.2, 0.25) is 0 Å². The highest BCUT2D eigenvalue weighted by atomic mass is 16.5. The molecule has 0 aliphatic carbocycles. The summed E-state index contributed by atoms with van der Waals surface area (Å²) in [5, 5.41) is 6.39. The first-order valence-electron chi connectivity index (χ1n) is 6.35. The van der Waals surface area contributed by atoms with E-state index in [1.54, 1.807) is 0 Å². The molecule has 0 aromatic heterocycles. The van der Waals surface area contributed by atoms with Crippen LogP contribution in [0.25, 0.3) is 0 Å². The quantitative estimate of drug-likeness (QED) is 0.811. The molecule has 5 heteroatoms. The van der Waals surface area contributed by atoms with Crippen LogP contribution in [-0.2, 0) is 11.3 Å². The molecule has 1 heterocycles. The van der Waals surface area contributed by atoms with Crippen LogP contribution < -0.4 is 10.2 Å². The maximum atomic E-state index is 11.0. The molecule has 18 heavy (non-hydrogen) atoms. The first-order chi connectivity index (χ1) is 8.85. The summed E-state index contributed by atoms with van der Waals surface area (Å²) in [5.41, 5.74) is 2.52. The summed E-state index contributed by atoms with van der Waals surface area (Å²) in [7, 11) is 0. The lowest BCUT2D eigenvalue weighted by Gasteiger charge is -2.29. The second-order valence-electron chi connectivity index (χ2n) is 4.29. The Morgan fingerprint density at radius 1 is 1.39 bits per heavy atom. The Morgan fingerprint density at radius 3 is 2.83 bits per heavy atom. The van der Waals surface area contributed by atoms with Crippen LogP contribution in [0.5, 0.6) is 0 Å². The van der Waals surface area contributed by atoms with Crippen LogP contribution in [0.3, 0.4) is 0 Å². The minimum absolute atomic E-state index is 0.521. The fraction of sp³-hybridized carbons (Fsp3) is 0.538. The average Bonchev–Trinajstić information content (AvgIpc) is 2.45. The van der Waals surface area contributed by atoms with Gasteiger partial charge in [0.1, 0.15) is 5.69 Å². The summed E-state index contributed by atoms with van der Waals surface area (Å²) >= 11 is 0. The zero-order chi connectivity index (χ0) is 12.8. The van der Waals surface area contributed by atoms with Crippen molar-refractivity contribution in [2.24, 2.45) is 5.18 Å². The van der Waals surface area contributed by atoms with Crippen molar-refractivity contribution in [3.63, 3.8) is 0 Å². The fourth-order valence-electron chi connectivity index (χ4n) is 2.09. The first-order valence-corrected chi connectivity index (χ1v) is 6.35. The third-order valence-electron chi connectivity index (χ3n) is 3.07. The molecule has 5 nitrogen and oxygen atoms in total. The molecule has 1 aromatic rings. The van der Waals surface area contributed by atoms with Gasteiger partial charge in [-0.1, -0.05) is 13.0 Å². The molecular weight excluding hydrogens is 230 g/mol. The molecule has 1 aliphatic rings. The van der Waals surface area contributed by atoms with Crippen molar-refractivity contribution in [3.05, 3.63) is 28.7 Å². The van der Waals surface area contributed by atoms with Gasteiger partial charge in [-0.3, -0.25) is 0 Å². The number of anilines is 1. The number of nitrogens with zero attached hydrogens (tertiary/aromatic N) is 2. The predicted octanol–water partition coefficient (Wildman–Crippen LogP) is 2.03. The monoisotopic (exact) mass is 249 g/mol. The highest BCUT2D eigenvalue weighted by molar-refractivity contribution is 5.68. The molecule has 1 aromatic carbocycles. The Balaban J connectivity index is 2.16. The van der Waals surface area contributed by atoms with Gasteiger partial charge in [-0.25, -0.2) is 0 Å². The molecule has 0 unspecified atom stereocenters. The minimum Gasteiger partial charge on any atom is -0.378 e. The van der Waals surface area contributed by atoms with E-state index in [-0.39, 0.29) is 0 Å². The normalized spacial score (nSPS) is 15.7. The van der Waals surface area contributed by atoms with E-state index in [0.717, 1.165) is 37.4 Å². The molecular formula is C13H19N3O2. The number of hydrogen-bond acceptors (Lipinski definition) is 5. The molecule has 0 radical (unpaired) electrons. The fourth-order valence-corrected chi connectivity index (χ4v) is 2.09. The van der Waals surface area contributed by atoms with Crippen LogP contribution in [0, 0.1) is 4.91 Å². The van der Waals surface area contributed by atoms with Crippen molar-refractivity contribution in [3.8, 4) is 0 Å². The topological polar surface area (TPSA) is 53.9 Å². The molecule has 0 atom stereocenters. The van der Waals surface area contributed by atoms with E-state index in [9.17, 15) is 4.91 Å².